The summed E-state index contributed by atoms with van der Waals surface area (Å²) in [5.41, 5.74) is 1.54. The van der Waals surface area contributed by atoms with Gasteiger partial charge in [0, 0.05) is 33.2 Å². The number of nitrogens with zero attached hydrogens (tertiary/aromatic N) is 4. The zero-order valence-electron chi connectivity index (χ0n) is 19.8. The van der Waals surface area contributed by atoms with Crippen molar-refractivity contribution in [2.45, 2.75) is 19.9 Å². The lowest BCUT2D eigenvalue weighted by Gasteiger charge is -2.37. The number of carbonyl (C=O) groups excluding carboxylic acids is 2. The molecule has 1 aromatic heterocycles. The number of halogens is 2. The molecule has 184 valence electrons. The van der Waals surface area contributed by atoms with Crippen LogP contribution in [0, 0.1) is 12.7 Å². The third-order valence-electron chi connectivity index (χ3n) is 6.49. The van der Waals surface area contributed by atoms with E-state index in [4.69, 9.17) is 11.6 Å². The quantitative estimate of drug-likeness (QED) is 0.585. The van der Waals surface area contributed by atoms with E-state index in [-0.39, 0.29) is 33.6 Å². The van der Waals surface area contributed by atoms with E-state index in [2.05, 4.69) is 5.32 Å². The van der Waals surface area contributed by atoms with Gasteiger partial charge in [-0.1, -0.05) is 29.8 Å². The standard InChI is InChI=1S/C25H27ClFN5O3/c1-16-22(25(35)32(29(16)3)19-7-5-4-6-8-19)28-23(33)17(2)30-11-13-31(14-12-30)24(34)20-10-9-18(27)15-21(20)26/h4-10,15,17H,11-14H2,1-3H3,(H,28,33). The average molecular weight is 500 g/mol. The molecule has 1 aliphatic rings. The predicted molar refractivity (Wildman–Crippen MR) is 133 cm³/mol. The average Bonchev–Trinajstić information content (AvgIpc) is 3.06. The highest BCUT2D eigenvalue weighted by Crippen LogP contribution is 2.21. The number of anilines is 1. The van der Waals surface area contributed by atoms with E-state index in [1.54, 1.807) is 30.5 Å². The maximum atomic E-state index is 13.3. The molecule has 35 heavy (non-hydrogen) atoms. The van der Waals surface area contributed by atoms with Gasteiger partial charge in [0.05, 0.1) is 28.0 Å². The zero-order chi connectivity index (χ0) is 25.3. The number of aromatic nitrogens is 2. The fraction of sp³-hybridized carbons (Fsp3) is 0.320. The van der Waals surface area contributed by atoms with Crippen LogP contribution in [0.15, 0.2) is 53.3 Å². The fourth-order valence-corrected chi connectivity index (χ4v) is 4.50. The Morgan fingerprint density at radius 3 is 2.34 bits per heavy atom. The molecule has 1 atom stereocenters. The van der Waals surface area contributed by atoms with Gasteiger partial charge in [0.25, 0.3) is 11.5 Å². The lowest BCUT2D eigenvalue weighted by Crippen LogP contribution is -2.54. The van der Waals surface area contributed by atoms with Crippen molar-refractivity contribution in [2.75, 3.05) is 31.5 Å². The van der Waals surface area contributed by atoms with Gasteiger partial charge in [0.1, 0.15) is 11.5 Å². The van der Waals surface area contributed by atoms with Gasteiger partial charge in [-0.2, -0.15) is 0 Å². The number of benzene rings is 2. The van der Waals surface area contributed by atoms with Crippen molar-refractivity contribution in [3.63, 3.8) is 0 Å². The molecule has 2 amide bonds. The van der Waals surface area contributed by atoms with Crippen molar-refractivity contribution < 1.29 is 14.0 Å². The van der Waals surface area contributed by atoms with E-state index < -0.39 is 11.9 Å². The van der Waals surface area contributed by atoms with E-state index >= 15 is 0 Å². The number of amides is 2. The third kappa shape index (κ3) is 4.87. The van der Waals surface area contributed by atoms with Crippen LogP contribution in [-0.4, -0.2) is 63.2 Å². The Balaban J connectivity index is 1.42. The molecule has 3 aromatic rings. The van der Waals surface area contributed by atoms with Crippen LogP contribution < -0.4 is 10.9 Å². The maximum Gasteiger partial charge on any atom is 0.295 e. The summed E-state index contributed by atoms with van der Waals surface area (Å²) in [4.78, 5) is 42.5. The van der Waals surface area contributed by atoms with Gasteiger partial charge >= 0.3 is 0 Å². The summed E-state index contributed by atoms with van der Waals surface area (Å²) in [6.45, 7) is 5.30. The second-order valence-electron chi connectivity index (χ2n) is 8.55. The van der Waals surface area contributed by atoms with Crippen molar-refractivity contribution in [1.82, 2.24) is 19.2 Å². The number of hydrogen-bond acceptors (Lipinski definition) is 4. The number of hydrogen-bond donors (Lipinski definition) is 1. The number of piperazine rings is 1. The Hall–Kier alpha value is -3.43. The maximum absolute atomic E-state index is 13.3. The largest absolute Gasteiger partial charge is 0.336 e. The first-order chi connectivity index (χ1) is 16.7. The Kier molecular flexibility index (Phi) is 7.09. The minimum Gasteiger partial charge on any atom is -0.336 e. The lowest BCUT2D eigenvalue weighted by molar-refractivity contribution is -0.121. The first-order valence-corrected chi connectivity index (χ1v) is 11.7. The van der Waals surface area contributed by atoms with E-state index in [0.29, 0.717) is 37.6 Å². The highest BCUT2D eigenvalue weighted by molar-refractivity contribution is 6.33. The van der Waals surface area contributed by atoms with E-state index in [1.807, 2.05) is 35.2 Å². The summed E-state index contributed by atoms with van der Waals surface area (Å²) in [7, 11) is 1.77. The summed E-state index contributed by atoms with van der Waals surface area (Å²) >= 11 is 6.04. The van der Waals surface area contributed by atoms with E-state index in [1.165, 1.54) is 16.8 Å². The van der Waals surface area contributed by atoms with Crippen LogP contribution in [0.3, 0.4) is 0 Å². The molecule has 4 rings (SSSR count). The molecule has 0 aliphatic carbocycles. The zero-order valence-corrected chi connectivity index (χ0v) is 20.6. The Bertz CT molecular complexity index is 1310. The van der Waals surface area contributed by atoms with Gasteiger partial charge in [0.15, 0.2) is 0 Å². The number of carbonyl (C=O) groups is 2. The highest BCUT2D eigenvalue weighted by atomic mass is 35.5. The molecule has 1 unspecified atom stereocenters. The van der Waals surface area contributed by atoms with Crippen molar-refractivity contribution in [3.05, 3.63) is 81.0 Å². The van der Waals surface area contributed by atoms with Crippen molar-refractivity contribution in [3.8, 4) is 5.69 Å². The van der Waals surface area contributed by atoms with Crippen molar-refractivity contribution in [1.29, 1.82) is 0 Å². The van der Waals surface area contributed by atoms with Gasteiger partial charge in [-0.3, -0.25) is 24.0 Å². The van der Waals surface area contributed by atoms with Crippen molar-refractivity contribution in [2.24, 2.45) is 7.05 Å². The first kappa shape index (κ1) is 24.7. The second-order valence-corrected chi connectivity index (χ2v) is 8.96. The molecule has 1 saturated heterocycles. The predicted octanol–water partition coefficient (Wildman–Crippen LogP) is 3.06. The molecule has 2 heterocycles. The Labute approximate surface area is 207 Å². The molecule has 0 radical (unpaired) electrons. The fourth-order valence-electron chi connectivity index (χ4n) is 4.25. The molecule has 0 saturated carbocycles. The Morgan fingerprint density at radius 1 is 1.06 bits per heavy atom. The smallest absolute Gasteiger partial charge is 0.295 e. The molecule has 1 aliphatic heterocycles. The van der Waals surface area contributed by atoms with Crippen LogP contribution in [-0.2, 0) is 11.8 Å². The van der Waals surface area contributed by atoms with Crippen LogP contribution in [0.2, 0.25) is 5.02 Å². The van der Waals surface area contributed by atoms with Crippen LogP contribution in [0.25, 0.3) is 5.69 Å². The molecule has 8 nitrogen and oxygen atoms in total. The van der Waals surface area contributed by atoms with Crippen LogP contribution >= 0.6 is 11.6 Å². The third-order valence-corrected chi connectivity index (χ3v) is 6.81. The van der Waals surface area contributed by atoms with Gasteiger partial charge < -0.3 is 10.2 Å². The molecular formula is C25H27ClFN5O3. The summed E-state index contributed by atoms with van der Waals surface area (Å²) in [6, 6.07) is 12.4. The minimum atomic E-state index is -0.508. The van der Waals surface area contributed by atoms with Crippen molar-refractivity contribution >= 4 is 29.1 Å². The van der Waals surface area contributed by atoms with E-state index in [0.717, 1.165) is 6.07 Å². The minimum absolute atomic E-state index is 0.0737. The summed E-state index contributed by atoms with van der Waals surface area (Å²) < 4.78 is 16.5. The van der Waals surface area contributed by atoms with Gasteiger partial charge in [-0.15, -0.1) is 0 Å². The monoisotopic (exact) mass is 499 g/mol. The number of para-hydroxylation sites is 1. The second kappa shape index (κ2) is 10.1. The topological polar surface area (TPSA) is 79.6 Å². The van der Waals surface area contributed by atoms with Gasteiger partial charge in [-0.05, 0) is 44.2 Å². The van der Waals surface area contributed by atoms with Crippen LogP contribution in [0.5, 0.6) is 0 Å². The van der Waals surface area contributed by atoms with Crippen LogP contribution in [0.4, 0.5) is 10.1 Å². The molecule has 10 heteroatoms. The molecule has 1 fully saturated rings. The number of rotatable bonds is 5. The van der Waals surface area contributed by atoms with Gasteiger partial charge in [-0.25, -0.2) is 9.07 Å². The molecular weight excluding hydrogens is 473 g/mol. The first-order valence-electron chi connectivity index (χ1n) is 11.3. The molecule has 2 aromatic carbocycles. The number of nitrogens with one attached hydrogen (secondary N) is 1. The van der Waals surface area contributed by atoms with E-state index in [9.17, 15) is 18.8 Å². The SMILES string of the molecule is Cc1c(NC(=O)C(C)N2CCN(C(=O)c3ccc(F)cc3Cl)CC2)c(=O)n(-c2ccccc2)n1C. The summed E-state index contributed by atoms with van der Waals surface area (Å²) in [5.74, 6) is -1.06. The van der Waals surface area contributed by atoms with Gasteiger partial charge in [0.2, 0.25) is 5.91 Å². The molecule has 0 spiro atoms. The lowest BCUT2D eigenvalue weighted by atomic mass is 10.1. The van der Waals surface area contributed by atoms with Crippen LogP contribution in [0.1, 0.15) is 23.0 Å². The molecule has 1 N–H and O–H groups in total. The Morgan fingerprint density at radius 2 is 1.71 bits per heavy atom. The summed E-state index contributed by atoms with van der Waals surface area (Å²) in [6.07, 6.45) is 0. The molecule has 0 bridgehead atoms. The normalized spacial score (nSPS) is 15.2. The highest BCUT2D eigenvalue weighted by Gasteiger charge is 2.30. The summed E-state index contributed by atoms with van der Waals surface area (Å²) in [5, 5.41) is 2.88.